The minimum atomic E-state index is -3.18. The Labute approximate surface area is 108 Å². The lowest BCUT2D eigenvalue weighted by molar-refractivity contribution is 0.130. The fraction of sp³-hybridized carbons (Fsp3) is 0.615. The lowest BCUT2D eigenvalue weighted by Gasteiger charge is -2.26. The Hall–Kier alpha value is -1.10. The van der Waals surface area contributed by atoms with Crippen molar-refractivity contribution in [3.05, 3.63) is 18.3 Å². The number of rotatable bonds is 3. The van der Waals surface area contributed by atoms with Gasteiger partial charge >= 0.3 is 0 Å². The zero-order valence-electron chi connectivity index (χ0n) is 10.8. The highest BCUT2D eigenvalue weighted by Gasteiger charge is 2.20. The van der Waals surface area contributed by atoms with Crippen LogP contribution in [-0.2, 0) is 9.84 Å². The molecule has 0 N–H and O–H groups in total. The van der Waals surface area contributed by atoms with Crippen LogP contribution in [0.3, 0.4) is 0 Å². The Morgan fingerprint density at radius 1 is 1.22 bits per heavy atom. The lowest BCUT2D eigenvalue weighted by atomic mass is 9.89. The molecule has 0 atom stereocenters. The maximum absolute atomic E-state index is 11.3. The maximum Gasteiger partial charge on any atom is 0.213 e. The van der Waals surface area contributed by atoms with Crippen LogP contribution in [0.1, 0.15) is 32.6 Å². The highest BCUT2D eigenvalue weighted by molar-refractivity contribution is 7.90. The number of ether oxygens (including phenoxy) is 1. The summed E-state index contributed by atoms with van der Waals surface area (Å²) >= 11 is 0. The van der Waals surface area contributed by atoms with Gasteiger partial charge in [0.05, 0.1) is 4.90 Å². The van der Waals surface area contributed by atoms with Crippen molar-refractivity contribution in [2.24, 2.45) is 5.92 Å². The van der Waals surface area contributed by atoms with Gasteiger partial charge in [-0.1, -0.05) is 6.92 Å². The van der Waals surface area contributed by atoms with Gasteiger partial charge < -0.3 is 4.74 Å². The van der Waals surface area contributed by atoms with E-state index in [1.165, 1.54) is 25.3 Å². The van der Waals surface area contributed by atoms with Gasteiger partial charge in [0.2, 0.25) is 5.88 Å². The molecule has 18 heavy (non-hydrogen) atoms. The molecule has 0 bridgehead atoms. The second-order valence-corrected chi connectivity index (χ2v) is 7.12. The predicted molar refractivity (Wildman–Crippen MR) is 69.4 cm³/mol. The first-order valence-electron chi connectivity index (χ1n) is 6.28. The largest absolute Gasteiger partial charge is 0.474 e. The molecule has 4 nitrogen and oxygen atoms in total. The van der Waals surface area contributed by atoms with Crippen molar-refractivity contribution in [2.75, 3.05) is 6.26 Å². The van der Waals surface area contributed by atoms with Crippen molar-refractivity contribution in [1.82, 2.24) is 4.98 Å². The molecule has 0 aromatic carbocycles. The average Bonchev–Trinajstić information content (AvgIpc) is 2.32. The lowest BCUT2D eigenvalue weighted by Crippen LogP contribution is -2.23. The monoisotopic (exact) mass is 269 g/mol. The van der Waals surface area contributed by atoms with Gasteiger partial charge in [0, 0.05) is 18.5 Å². The second-order valence-electron chi connectivity index (χ2n) is 5.10. The van der Waals surface area contributed by atoms with E-state index in [0.29, 0.717) is 5.88 Å². The summed E-state index contributed by atoms with van der Waals surface area (Å²) < 4.78 is 28.3. The van der Waals surface area contributed by atoms with Crippen molar-refractivity contribution in [1.29, 1.82) is 0 Å². The summed E-state index contributed by atoms with van der Waals surface area (Å²) in [5.41, 5.74) is 0. The molecule has 1 fully saturated rings. The van der Waals surface area contributed by atoms with E-state index in [2.05, 4.69) is 11.9 Å². The summed E-state index contributed by atoms with van der Waals surface area (Å²) in [7, 11) is -3.18. The Bertz CT molecular complexity index is 487. The molecule has 1 aromatic heterocycles. The average molecular weight is 269 g/mol. The molecule has 0 saturated heterocycles. The zero-order chi connectivity index (χ0) is 13.2. The number of aromatic nitrogens is 1. The predicted octanol–water partition coefficient (Wildman–Crippen LogP) is 2.44. The van der Waals surface area contributed by atoms with Crippen LogP contribution in [0.25, 0.3) is 0 Å². The van der Waals surface area contributed by atoms with E-state index < -0.39 is 9.84 Å². The van der Waals surface area contributed by atoms with E-state index in [4.69, 9.17) is 4.74 Å². The molecule has 100 valence electrons. The van der Waals surface area contributed by atoms with E-state index in [0.717, 1.165) is 18.8 Å². The van der Waals surface area contributed by atoms with Crippen LogP contribution in [0, 0.1) is 5.92 Å². The van der Waals surface area contributed by atoms with Gasteiger partial charge in [-0.2, -0.15) is 0 Å². The molecule has 1 aliphatic rings. The van der Waals surface area contributed by atoms with Gasteiger partial charge in [-0.3, -0.25) is 0 Å². The van der Waals surface area contributed by atoms with Gasteiger partial charge in [0.1, 0.15) is 6.10 Å². The van der Waals surface area contributed by atoms with Gasteiger partial charge in [-0.25, -0.2) is 13.4 Å². The van der Waals surface area contributed by atoms with Gasteiger partial charge in [-0.15, -0.1) is 0 Å². The molecular formula is C13H19NO3S. The molecule has 0 unspecified atom stereocenters. The molecule has 5 heteroatoms. The fourth-order valence-corrected chi connectivity index (χ4v) is 2.73. The summed E-state index contributed by atoms with van der Waals surface area (Å²) in [5.74, 6) is 1.30. The summed E-state index contributed by atoms with van der Waals surface area (Å²) in [5, 5.41) is 0. The Morgan fingerprint density at radius 3 is 2.39 bits per heavy atom. The summed E-state index contributed by atoms with van der Waals surface area (Å²) in [6, 6.07) is 3.18. The molecule has 0 spiro atoms. The Kier molecular flexibility index (Phi) is 3.90. The Balaban J connectivity index is 1.98. The molecule has 0 amide bonds. The van der Waals surface area contributed by atoms with E-state index in [1.54, 1.807) is 12.1 Å². The molecule has 1 aliphatic carbocycles. The standard InChI is InChI=1S/C13H19NO3S/c1-10-3-5-11(6-4-10)17-13-8-7-12(9-14-13)18(2,15)16/h7-11H,3-6H2,1-2H3. The number of sulfone groups is 1. The number of nitrogens with zero attached hydrogens (tertiary/aromatic N) is 1. The molecule has 1 saturated carbocycles. The van der Waals surface area contributed by atoms with Crippen LogP contribution in [0.2, 0.25) is 0 Å². The van der Waals surface area contributed by atoms with Crippen molar-refractivity contribution < 1.29 is 13.2 Å². The van der Waals surface area contributed by atoms with E-state index in [9.17, 15) is 8.42 Å². The molecule has 0 aliphatic heterocycles. The minimum Gasteiger partial charge on any atom is -0.474 e. The SMILES string of the molecule is CC1CCC(Oc2ccc(S(C)(=O)=O)cn2)CC1. The van der Waals surface area contributed by atoms with Crippen LogP contribution in [0.15, 0.2) is 23.2 Å². The number of hydrogen-bond acceptors (Lipinski definition) is 4. The third-order valence-corrected chi connectivity index (χ3v) is 4.49. The smallest absolute Gasteiger partial charge is 0.213 e. The van der Waals surface area contributed by atoms with Gasteiger partial charge in [-0.05, 0) is 37.7 Å². The number of pyridine rings is 1. The fourth-order valence-electron chi connectivity index (χ4n) is 2.17. The molecule has 2 rings (SSSR count). The third kappa shape index (κ3) is 3.45. The quantitative estimate of drug-likeness (QED) is 0.845. The second kappa shape index (κ2) is 5.26. The van der Waals surface area contributed by atoms with Gasteiger partial charge in [0.25, 0.3) is 0 Å². The van der Waals surface area contributed by atoms with Crippen LogP contribution < -0.4 is 4.74 Å². The first-order valence-corrected chi connectivity index (χ1v) is 8.17. The zero-order valence-corrected chi connectivity index (χ0v) is 11.6. The highest BCUT2D eigenvalue weighted by Crippen LogP contribution is 2.26. The first-order chi connectivity index (χ1) is 8.45. The van der Waals surface area contributed by atoms with Crippen LogP contribution in [-0.4, -0.2) is 25.8 Å². The topological polar surface area (TPSA) is 56.3 Å². The molecular weight excluding hydrogens is 250 g/mol. The molecule has 1 heterocycles. The Morgan fingerprint density at radius 2 is 1.89 bits per heavy atom. The summed E-state index contributed by atoms with van der Waals surface area (Å²) in [4.78, 5) is 4.29. The third-order valence-electron chi connectivity index (χ3n) is 3.39. The van der Waals surface area contributed by atoms with Crippen molar-refractivity contribution in [3.63, 3.8) is 0 Å². The van der Waals surface area contributed by atoms with Crippen molar-refractivity contribution in [3.8, 4) is 5.88 Å². The maximum atomic E-state index is 11.3. The summed E-state index contributed by atoms with van der Waals surface area (Å²) in [6.07, 6.45) is 7.23. The normalized spacial score (nSPS) is 24.8. The van der Waals surface area contributed by atoms with Crippen molar-refractivity contribution >= 4 is 9.84 Å². The summed E-state index contributed by atoms with van der Waals surface area (Å²) in [6.45, 7) is 2.26. The first kappa shape index (κ1) is 13.3. The van der Waals surface area contributed by atoms with E-state index in [1.807, 2.05) is 0 Å². The van der Waals surface area contributed by atoms with Crippen LogP contribution >= 0.6 is 0 Å². The van der Waals surface area contributed by atoms with Crippen LogP contribution in [0.4, 0.5) is 0 Å². The van der Waals surface area contributed by atoms with E-state index in [-0.39, 0.29) is 11.0 Å². The highest BCUT2D eigenvalue weighted by atomic mass is 32.2. The number of hydrogen-bond donors (Lipinski definition) is 0. The van der Waals surface area contributed by atoms with E-state index >= 15 is 0 Å². The van der Waals surface area contributed by atoms with Crippen LogP contribution in [0.5, 0.6) is 5.88 Å². The molecule has 1 aromatic rings. The minimum absolute atomic E-state index is 0.220. The van der Waals surface area contributed by atoms with Crippen molar-refractivity contribution in [2.45, 2.75) is 43.6 Å². The van der Waals surface area contributed by atoms with Gasteiger partial charge in [0.15, 0.2) is 9.84 Å². The molecule has 0 radical (unpaired) electrons.